The molecular formula is C7H18O3Si. The molecule has 0 heterocycles. The highest BCUT2D eigenvalue weighted by molar-refractivity contribution is 6.44. The molecule has 0 aliphatic heterocycles. The molecule has 0 saturated heterocycles. The van der Waals surface area contributed by atoms with Gasteiger partial charge in [0.05, 0.1) is 6.23 Å². The summed E-state index contributed by atoms with van der Waals surface area (Å²) >= 11 is 0. The van der Waals surface area contributed by atoms with Gasteiger partial charge in [-0.1, -0.05) is 13.3 Å². The summed E-state index contributed by atoms with van der Waals surface area (Å²) in [6.45, 7) is 2.97. The molecule has 0 aromatic carbocycles. The Balaban J connectivity index is 3.07. The van der Waals surface area contributed by atoms with Gasteiger partial charge in [0.25, 0.3) is 0 Å². The topological polar surface area (TPSA) is 27.7 Å². The molecule has 0 aliphatic carbocycles. The molecule has 68 valence electrons. The lowest BCUT2D eigenvalue weighted by Gasteiger charge is -2.10. The van der Waals surface area contributed by atoms with Crippen molar-refractivity contribution >= 4 is 9.28 Å². The van der Waals surface area contributed by atoms with Crippen molar-refractivity contribution in [3.05, 3.63) is 0 Å². The van der Waals surface area contributed by atoms with Crippen molar-refractivity contribution in [1.29, 1.82) is 0 Å². The summed E-state index contributed by atoms with van der Waals surface area (Å²) in [5.74, 6) is 0. The van der Waals surface area contributed by atoms with Gasteiger partial charge in [0, 0.05) is 20.8 Å². The highest BCUT2D eigenvalue weighted by atomic mass is 28.3. The standard InChI is InChI=1S/C7H18O3Si/c1-4-5-6-10-7-11(8-2)9-3/h11H,4-7H2,1-3H3. The van der Waals surface area contributed by atoms with Gasteiger partial charge in [0.1, 0.15) is 0 Å². The Kier molecular flexibility index (Phi) is 8.27. The SMILES string of the molecule is CCCCOC[SiH](OC)OC. The van der Waals surface area contributed by atoms with Gasteiger partial charge in [0.2, 0.25) is 0 Å². The average Bonchev–Trinajstić information content (AvgIpc) is 2.05. The van der Waals surface area contributed by atoms with Crippen LogP contribution in [0, 0.1) is 0 Å². The first-order valence-corrected chi connectivity index (χ1v) is 5.74. The predicted molar refractivity (Wildman–Crippen MR) is 46.9 cm³/mol. The fourth-order valence-electron chi connectivity index (χ4n) is 0.658. The number of ether oxygens (including phenoxy) is 1. The van der Waals surface area contributed by atoms with E-state index in [1.54, 1.807) is 14.2 Å². The molecule has 0 radical (unpaired) electrons. The molecule has 0 fully saturated rings. The van der Waals surface area contributed by atoms with Gasteiger partial charge in [-0.15, -0.1) is 0 Å². The van der Waals surface area contributed by atoms with Crippen LogP contribution in [0.25, 0.3) is 0 Å². The summed E-state index contributed by atoms with van der Waals surface area (Å²) in [6, 6.07) is 0. The quantitative estimate of drug-likeness (QED) is 0.427. The Morgan fingerprint density at radius 2 is 1.82 bits per heavy atom. The van der Waals surface area contributed by atoms with Crippen molar-refractivity contribution < 1.29 is 13.6 Å². The van der Waals surface area contributed by atoms with E-state index < -0.39 is 9.28 Å². The minimum absolute atomic E-state index is 0.660. The Labute approximate surface area is 70.5 Å². The lowest BCUT2D eigenvalue weighted by atomic mass is 10.4. The zero-order valence-corrected chi connectivity index (χ0v) is 8.79. The lowest BCUT2D eigenvalue weighted by Crippen LogP contribution is -2.26. The molecule has 0 N–H and O–H groups in total. The van der Waals surface area contributed by atoms with E-state index in [9.17, 15) is 0 Å². The first-order valence-electron chi connectivity index (χ1n) is 3.98. The lowest BCUT2D eigenvalue weighted by molar-refractivity contribution is 0.137. The molecule has 0 aromatic rings. The highest BCUT2D eigenvalue weighted by Crippen LogP contribution is 1.90. The number of hydrogen-bond donors (Lipinski definition) is 0. The minimum atomic E-state index is -1.46. The van der Waals surface area contributed by atoms with Gasteiger partial charge in [-0.3, -0.25) is 0 Å². The zero-order valence-electron chi connectivity index (χ0n) is 7.63. The highest BCUT2D eigenvalue weighted by Gasteiger charge is 2.08. The smallest absolute Gasteiger partial charge is 0.347 e. The van der Waals surface area contributed by atoms with E-state index >= 15 is 0 Å². The van der Waals surface area contributed by atoms with Gasteiger partial charge in [0.15, 0.2) is 0 Å². The molecule has 0 saturated carbocycles. The van der Waals surface area contributed by atoms with Gasteiger partial charge < -0.3 is 13.6 Å². The van der Waals surface area contributed by atoms with Crippen LogP contribution in [-0.2, 0) is 13.6 Å². The number of rotatable bonds is 7. The van der Waals surface area contributed by atoms with Crippen molar-refractivity contribution in [3.63, 3.8) is 0 Å². The maximum atomic E-state index is 5.33. The third kappa shape index (κ3) is 6.49. The molecule has 0 bridgehead atoms. The largest absolute Gasteiger partial charge is 0.399 e. The van der Waals surface area contributed by atoms with E-state index in [0.29, 0.717) is 6.23 Å². The van der Waals surface area contributed by atoms with Gasteiger partial charge in [-0.05, 0) is 6.42 Å². The molecule has 11 heavy (non-hydrogen) atoms. The second kappa shape index (κ2) is 8.20. The summed E-state index contributed by atoms with van der Waals surface area (Å²) in [5, 5.41) is 0. The van der Waals surface area contributed by atoms with Crippen molar-refractivity contribution in [2.45, 2.75) is 19.8 Å². The fraction of sp³-hybridized carbons (Fsp3) is 1.00. The van der Waals surface area contributed by atoms with Crippen LogP contribution in [0.4, 0.5) is 0 Å². The Bertz CT molecular complexity index is 76.1. The van der Waals surface area contributed by atoms with Gasteiger partial charge in [-0.25, -0.2) is 0 Å². The second-order valence-electron chi connectivity index (χ2n) is 2.33. The fourth-order valence-corrected chi connectivity index (χ4v) is 1.48. The Morgan fingerprint density at radius 3 is 2.27 bits per heavy atom. The summed E-state index contributed by atoms with van der Waals surface area (Å²) in [6.07, 6.45) is 2.95. The Morgan fingerprint density at radius 1 is 1.18 bits per heavy atom. The van der Waals surface area contributed by atoms with Crippen LogP contribution in [0.2, 0.25) is 0 Å². The minimum Gasteiger partial charge on any atom is -0.399 e. The Hall–Kier alpha value is 0.0969. The molecule has 0 spiro atoms. The molecule has 0 aliphatic rings. The maximum absolute atomic E-state index is 5.33. The maximum Gasteiger partial charge on any atom is 0.347 e. The van der Waals surface area contributed by atoms with E-state index in [-0.39, 0.29) is 0 Å². The molecule has 4 heteroatoms. The van der Waals surface area contributed by atoms with Crippen molar-refractivity contribution in [2.24, 2.45) is 0 Å². The monoisotopic (exact) mass is 178 g/mol. The molecular weight excluding hydrogens is 160 g/mol. The van der Waals surface area contributed by atoms with Crippen molar-refractivity contribution in [3.8, 4) is 0 Å². The number of hydrogen-bond acceptors (Lipinski definition) is 3. The molecule has 3 nitrogen and oxygen atoms in total. The van der Waals surface area contributed by atoms with E-state index in [1.807, 2.05) is 0 Å². The third-order valence-corrected chi connectivity index (χ3v) is 2.98. The van der Waals surface area contributed by atoms with Crippen LogP contribution >= 0.6 is 0 Å². The first kappa shape index (κ1) is 11.1. The summed E-state index contributed by atoms with van der Waals surface area (Å²) in [4.78, 5) is 0. The van der Waals surface area contributed by atoms with Gasteiger partial charge in [-0.2, -0.15) is 0 Å². The van der Waals surface area contributed by atoms with Crippen molar-refractivity contribution in [1.82, 2.24) is 0 Å². The van der Waals surface area contributed by atoms with Crippen LogP contribution in [-0.4, -0.2) is 36.3 Å². The molecule has 0 rings (SSSR count). The summed E-state index contributed by atoms with van der Waals surface area (Å²) in [5.41, 5.74) is 0. The zero-order chi connectivity index (χ0) is 8.53. The van der Waals surface area contributed by atoms with Crippen LogP contribution < -0.4 is 0 Å². The van der Waals surface area contributed by atoms with Crippen LogP contribution in [0.15, 0.2) is 0 Å². The molecule has 0 atom stereocenters. The van der Waals surface area contributed by atoms with E-state index in [2.05, 4.69) is 6.92 Å². The van der Waals surface area contributed by atoms with Crippen LogP contribution in [0.5, 0.6) is 0 Å². The number of unbranched alkanes of at least 4 members (excludes halogenated alkanes) is 1. The second-order valence-corrected chi connectivity index (χ2v) is 4.46. The first-order chi connectivity index (χ1) is 5.35. The third-order valence-electron chi connectivity index (χ3n) is 1.42. The molecule has 0 aromatic heterocycles. The molecule has 0 unspecified atom stereocenters. The normalized spacial score (nSPS) is 10.9. The van der Waals surface area contributed by atoms with E-state index in [4.69, 9.17) is 13.6 Å². The van der Waals surface area contributed by atoms with Crippen molar-refractivity contribution in [2.75, 3.05) is 27.1 Å². The van der Waals surface area contributed by atoms with E-state index in [1.165, 1.54) is 6.42 Å². The summed E-state index contributed by atoms with van der Waals surface area (Å²) in [7, 11) is 1.88. The summed E-state index contributed by atoms with van der Waals surface area (Å²) < 4.78 is 15.5. The molecule has 0 amide bonds. The van der Waals surface area contributed by atoms with E-state index in [0.717, 1.165) is 13.0 Å². The van der Waals surface area contributed by atoms with Crippen LogP contribution in [0.3, 0.4) is 0 Å². The van der Waals surface area contributed by atoms with Crippen LogP contribution in [0.1, 0.15) is 19.8 Å². The van der Waals surface area contributed by atoms with Gasteiger partial charge >= 0.3 is 9.28 Å². The average molecular weight is 178 g/mol. The predicted octanol–water partition coefficient (Wildman–Crippen LogP) is 0.856.